The van der Waals surface area contributed by atoms with Gasteiger partial charge in [0.05, 0.1) is 35.7 Å². The number of nitrogens with zero attached hydrogens (tertiary/aromatic N) is 5. The maximum Gasteiger partial charge on any atom is 0.135 e. The lowest BCUT2D eigenvalue weighted by molar-refractivity contribution is -0.0506. The first-order valence-corrected chi connectivity index (χ1v) is 11.7. The summed E-state index contributed by atoms with van der Waals surface area (Å²) in [5, 5.41) is 4.53. The monoisotopic (exact) mass is 461 g/mol. The molecule has 3 aromatic heterocycles. The topological polar surface area (TPSA) is 65.7 Å². The van der Waals surface area contributed by atoms with E-state index in [-0.39, 0.29) is 23.7 Å². The van der Waals surface area contributed by atoms with Crippen LogP contribution in [0.1, 0.15) is 67.6 Å². The lowest BCUT2D eigenvalue weighted by Gasteiger charge is -2.33. The zero-order valence-electron chi connectivity index (χ0n) is 19.1. The molecule has 3 atom stereocenters. The summed E-state index contributed by atoms with van der Waals surface area (Å²) in [5.41, 5.74) is 4.41. The molecule has 2 aliphatic rings. The van der Waals surface area contributed by atoms with Gasteiger partial charge < -0.3 is 4.74 Å². The maximum atomic E-state index is 14.8. The van der Waals surface area contributed by atoms with E-state index in [2.05, 4.69) is 28.2 Å². The van der Waals surface area contributed by atoms with Crippen molar-refractivity contribution in [1.82, 2.24) is 24.7 Å². The molecule has 6 rings (SSSR count). The van der Waals surface area contributed by atoms with Gasteiger partial charge in [0.25, 0.3) is 0 Å². The van der Waals surface area contributed by atoms with Gasteiger partial charge in [-0.1, -0.05) is 0 Å². The van der Waals surface area contributed by atoms with Crippen LogP contribution in [-0.2, 0) is 4.74 Å². The Morgan fingerprint density at radius 3 is 2.71 bits per heavy atom. The summed E-state index contributed by atoms with van der Waals surface area (Å²) in [4.78, 5) is 14.0. The molecule has 4 heterocycles. The zero-order chi connectivity index (χ0) is 23.4. The van der Waals surface area contributed by atoms with Crippen LogP contribution in [0.2, 0.25) is 0 Å². The Labute approximate surface area is 196 Å². The lowest BCUT2D eigenvalue weighted by Crippen LogP contribution is -2.25. The van der Waals surface area contributed by atoms with Gasteiger partial charge in [0.1, 0.15) is 22.8 Å². The number of ether oxygens (including phenoxy) is 1. The fourth-order valence-corrected chi connectivity index (χ4v) is 4.87. The quantitative estimate of drug-likeness (QED) is 0.382. The first-order valence-electron chi connectivity index (χ1n) is 11.7. The van der Waals surface area contributed by atoms with E-state index in [9.17, 15) is 8.78 Å². The van der Waals surface area contributed by atoms with Gasteiger partial charge in [0, 0.05) is 41.2 Å². The van der Waals surface area contributed by atoms with Crippen molar-refractivity contribution in [3.8, 4) is 11.3 Å². The Kier molecular flexibility index (Phi) is 5.13. The summed E-state index contributed by atoms with van der Waals surface area (Å²) >= 11 is 0. The van der Waals surface area contributed by atoms with Crippen LogP contribution in [0.4, 0.5) is 8.78 Å². The lowest BCUT2D eigenvalue weighted by atomic mass is 9.87. The van der Waals surface area contributed by atoms with Crippen molar-refractivity contribution < 1.29 is 13.5 Å². The van der Waals surface area contributed by atoms with Crippen LogP contribution < -0.4 is 0 Å². The predicted octanol–water partition coefficient (Wildman–Crippen LogP) is 5.83. The Bertz CT molecular complexity index is 1380. The number of rotatable bonds is 4. The Hall–Kier alpha value is -3.26. The number of pyridine rings is 1. The van der Waals surface area contributed by atoms with Crippen LogP contribution in [0.5, 0.6) is 0 Å². The van der Waals surface area contributed by atoms with Gasteiger partial charge >= 0.3 is 0 Å². The molecule has 0 bridgehead atoms. The highest BCUT2D eigenvalue weighted by molar-refractivity contribution is 5.89. The molecule has 174 valence electrons. The van der Waals surface area contributed by atoms with E-state index in [0.29, 0.717) is 22.8 Å². The second-order valence-corrected chi connectivity index (χ2v) is 9.49. The first kappa shape index (κ1) is 21.3. The van der Waals surface area contributed by atoms with Gasteiger partial charge in [0.15, 0.2) is 0 Å². The van der Waals surface area contributed by atoms with Crippen molar-refractivity contribution in [1.29, 1.82) is 0 Å². The van der Waals surface area contributed by atoms with Crippen molar-refractivity contribution in [2.24, 2.45) is 0 Å². The summed E-state index contributed by atoms with van der Waals surface area (Å²) in [6, 6.07) is 6.00. The summed E-state index contributed by atoms with van der Waals surface area (Å²) in [6.07, 6.45) is 9.46. The van der Waals surface area contributed by atoms with Gasteiger partial charge in [-0.2, -0.15) is 5.10 Å². The van der Waals surface area contributed by atoms with Crippen molar-refractivity contribution in [2.45, 2.75) is 63.7 Å². The van der Waals surface area contributed by atoms with Gasteiger partial charge in [-0.25, -0.2) is 18.7 Å². The van der Waals surface area contributed by atoms with Crippen LogP contribution >= 0.6 is 0 Å². The van der Waals surface area contributed by atoms with Crippen molar-refractivity contribution in [3.63, 3.8) is 0 Å². The normalized spacial score (nSPS) is 22.9. The third-order valence-corrected chi connectivity index (χ3v) is 6.70. The molecule has 0 spiro atoms. The molecule has 1 saturated heterocycles. The van der Waals surface area contributed by atoms with Gasteiger partial charge in [-0.05, 0) is 57.7 Å². The number of aromatic nitrogens is 5. The van der Waals surface area contributed by atoms with Crippen LogP contribution in [0.15, 0.2) is 42.9 Å². The van der Waals surface area contributed by atoms with E-state index in [1.807, 2.05) is 23.9 Å². The average molecular weight is 462 g/mol. The van der Waals surface area contributed by atoms with E-state index in [1.54, 1.807) is 6.20 Å². The third-order valence-electron chi connectivity index (χ3n) is 6.70. The highest BCUT2D eigenvalue weighted by atomic mass is 19.1. The molecule has 0 amide bonds. The molecule has 6 nitrogen and oxygen atoms in total. The predicted molar refractivity (Wildman–Crippen MR) is 123 cm³/mol. The SMILES string of the molecule is Cc1cnc2c(-c3ccc(F)cc3F)nc([C@@H]3C[C@H](C)O[C@@H](c4cnn(C5CC5)c4)C3)cc2n1. The van der Waals surface area contributed by atoms with E-state index in [1.165, 1.54) is 25.0 Å². The molecule has 0 radical (unpaired) electrons. The summed E-state index contributed by atoms with van der Waals surface area (Å²) in [7, 11) is 0. The molecule has 1 saturated carbocycles. The van der Waals surface area contributed by atoms with E-state index in [0.717, 1.165) is 35.9 Å². The first-order chi connectivity index (χ1) is 16.4. The number of aryl methyl sites for hydroxylation is 1. The zero-order valence-corrected chi connectivity index (χ0v) is 19.1. The van der Waals surface area contributed by atoms with Crippen LogP contribution in [0.3, 0.4) is 0 Å². The molecular weight excluding hydrogens is 436 g/mol. The van der Waals surface area contributed by atoms with Gasteiger partial charge in [0.2, 0.25) is 0 Å². The summed E-state index contributed by atoms with van der Waals surface area (Å²) < 4.78 is 36.7. The fraction of sp³-hybridized carbons (Fsp3) is 0.385. The van der Waals surface area contributed by atoms with E-state index in [4.69, 9.17) is 9.72 Å². The highest BCUT2D eigenvalue weighted by Crippen LogP contribution is 2.42. The Morgan fingerprint density at radius 2 is 1.91 bits per heavy atom. The number of fused-ring (bicyclic) bond motifs is 1. The highest BCUT2D eigenvalue weighted by Gasteiger charge is 2.33. The maximum absolute atomic E-state index is 14.8. The number of benzene rings is 1. The summed E-state index contributed by atoms with van der Waals surface area (Å²) in [5.74, 6) is -1.21. The Balaban J connectivity index is 1.41. The Morgan fingerprint density at radius 1 is 1.06 bits per heavy atom. The molecule has 0 N–H and O–H groups in total. The van der Waals surface area contributed by atoms with E-state index < -0.39 is 11.6 Å². The standard InChI is InChI=1S/C26H25F2N5O/c1-14-11-29-26-23(31-14)10-22(32-25(26)20-6-3-18(27)9-21(20)28)16-7-15(2)34-24(8-16)17-12-30-33(13-17)19-4-5-19/h3,6,9-13,15-16,19,24H,4-5,7-8H2,1-2H3/t15-,16+,24+/m0/s1. The van der Waals surface area contributed by atoms with Crippen LogP contribution in [-0.4, -0.2) is 30.8 Å². The fourth-order valence-electron chi connectivity index (χ4n) is 4.87. The molecule has 8 heteroatoms. The minimum atomic E-state index is -0.668. The second kappa shape index (κ2) is 8.20. The van der Waals surface area contributed by atoms with Crippen molar-refractivity contribution >= 4 is 11.0 Å². The van der Waals surface area contributed by atoms with Crippen molar-refractivity contribution in [3.05, 3.63) is 71.4 Å². The molecule has 0 unspecified atom stereocenters. The largest absolute Gasteiger partial charge is 0.370 e. The smallest absolute Gasteiger partial charge is 0.135 e. The molecule has 4 aromatic rings. The molecule has 34 heavy (non-hydrogen) atoms. The molecule has 1 aliphatic heterocycles. The van der Waals surface area contributed by atoms with Crippen molar-refractivity contribution in [2.75, 3.05) is 0 Å². The molecule has 1 aliphatic carbocycles. The average Bonchev–Trinajstić information content (AvgIpc) is 3.54. The molecule has 2 fully saturated rings. The number of hydrogen-bond donors (Lipinski definition) is 0. The number of hydrogen-bond acceptors (Lipinski definition) is 5. The van der Waals surface area contributed by atoms with E-state index >= 15 is 0 Å². The third kappa shape index (κ3) is 3.96. The molecule has 1 aromatic carbocycles. The second-order valence-electron chi connectivity index (χ2n) is 9.49. The molecular formula is C26H25F2N5O. The van der Waals surface area contributed by atoms with Crippen LogP contribution in [0, 0.1) is 18.6 Å². The van der Waals surface area contributed by atoms with Gasteiger partial charge in [-0.15, -0.1) is 0 Å². The van der Waals surface area contributed by atoms with Gasteiger partial charge in [-0.3, -0.25) is 9.67 Å². The number of halogens is 2. The minimum Gasteiger partial charge on any atom is -0.370 e. The summed E-state index contributed by atoms with van der Waals surface area (Å²) in [6.45, 7) is 3.94. The van der Waals surface area contributed by atoms with Crippen LogP contribution in [0.25, 0.3) is 22.3 Å². The minimum absolute atomic E-state index is 0.0279.